The molecule has 0 aromatic carbocycles. The molecule has 0 aliphatic heterocycles. The molecule has 0 bridgehead atoms. The zero-order valence-electron chi connectivity index (χ0n) is 10.6. The summed E-state index contributed by atoms with van der Waals surface area (Å²) in [4.78, 5) is 20.6. The summed E-state index contributed by atoms with van der Waals surface area (Å²) in [6, 6.07) is 0. The van der Waals surface area contributed by atoms with Crippen molar-refractivity contribution in [3.63, 3.8) is 0 Å². The summed E-state index contributed by atoms with van der Waals surface area (Å²) in [6.07, 6.45) is 1.91. The van der Waals surface area contributed by atoms with Crippen molar-refractivity contribution in [1.29, 1.82) is 0 Å². The van der Waals surface area contributed by atoms with Crippen LogP contribution >= 0.6 is 23.5 Å². The van der Waals surface area contributed by atoms with Crippen LogP contribution in [-0.2, 0) is 29.8 Å². The van der Waals surface area contributed by atoms with Crippen molar-refractivity contribution in [2.24, 2.45) is 0 Å². The van der Waals surface area contributed by atoms with Crippen LogP contribution in [0, 0.1) is 0 Å². The molecule has 0 aliphatic rings. The summed E-state index contributed by atoms with van der Waals surface area (Å²) >= 11 is 0.852. The largest absolute Gasteiger partial charge is 2.00 e. The minimum absolute atomic E-state index is 0. The van der Waals surface area contributed by atoms with Crippen molar-refractivity contribution >= 4 is 91.7 Å². The summed E-state index contributed by atoms with van der Waals surface area (Å²) in [5, 5.41) is -2.48. The third-order valence-electron chi connectivity index (χ3n) is 1.02. The van der Waals surface area contributed by atoms with Gasteiger partial charge in [0.2, 0.25) is 10.2 Å². The average Bonchev–Trinajstić information content (AvgIpc) is 2.31. The SMILES string of the molecule is C=CC(=O)SCS(=O)(=O)[O-].C=CC(=O)SCS(=O)(=O)[O-].[Ca+2]. The van der Waals surface area contributed by atoms with Crippen molar-refractivity contribution in [2.45, 2.75) is 0 Å². The molecule has 0 spiro atoms. The Kier molecular flexibility index (Phi) is 16.5. The number of hydrogen-bond acceptors (Lipinski definition) is 10. The van der Waals surface area contributed by atoms with Gasteiger partial charge < -0.3 is 9.11 Å². The van der Waals surface area contributed by atoms with E-state index in [-0.39, 0.29) is 37.7 Å². The molecule has 21 heavy (non-hydrogen) atoms. The van der Waals surface area contributed by atoms with Crippen molar-refractivity contribution < 1.29 is 35.5 Å². The predicted octanol–water partition coefficient (Wildman–Crippen LogP) is -0.511. The van der Waals surface area contributed by atoms with Gasteiger partial charge in [-0.25, -0.2) is 16.8 Å². The first kappa shape index (κ1) is 26.5. The zero-order chi connectivity index (χ0) is 16.4. The molecule has 0 radical (unpaired) electrons. The van der Waals surface area contributed by atoms with Crippen molar-refractivity contribution in [3.05, 3.63) is 25.3 Å². The van der Waals surface area contributed by atoms with Gasteiger partial charge in [0.15, 0.2) is 0 Å². The van der Waals surface area contributed by atoms with Crippen LogP contribution in [-0.4, -0.2) is 84.1 Å². The molecule has 8 nitrogen and oxygen atoms in total. The molecular formula is C8H10CaO8S4. The van der Waals surface area contributed by atoms with E-state index in [0.717, 1.165) is 12.2 Å². The second kappa shape index (κ2) is 13.1. The summed E-state index contributed by atoms with van der Waals surface area (Å²) in [7, 11) is -8.57. The summed E-state index contributed by atoms with van der Waals surface area (Å²) in [5.41, 5.74) is 0. The first-order valence-electron chi connectivity index (χ1n) is 4.37. The van der Waals surface area contributed by atoms with E-state index < -0.39 is 40.6 Å². The average molecular weight is 403 g/mol. The first-order valence-corrected chi connectivity index (χ1v) is 9.49. The van der Waals surface area contributed by atoms with Gasteiger partial charge in [-0.3, -0.25) is 9.59 Å². The molecule has 0 N–H and O–H groups in total. The van der Waals surface area contributed by atoms with E-state index in [9.17, 15) is 35.5 Å². The van der Waals surface area contributed by atoms with Crippen LogP contribution in [0.5, 0.6) is 0 Å². The Bertz CT molecular complexity index is 513. The van der Waals surface area contributed by atoms with E-state index in [1.165, 1.54) is 0 Å². The van der Waals surface area contributed by atoms with Gasteiger partial charge >= 0.3 is 37.7 Å². The Balaban J connectivity index is -0.000000295. The van der Waals surface area contributed by atoms with Gasteiger partial charge in [0.1, 0.15) is 20.2 Å². The van der Waals surface area contributed by atoms with E-state index in [2.05, 4.69) is 13.2 Å². The predicted molar refractivity (Wildman–Crippen MR) is 80.5 cm³/mol. The quantitative estimate of drug-likeness (QED) is 0.323. The number of carbonyl (C=O) groups is 2. The van der Waals surface area contributed by atoms with Gasteiger partial charge in [-0.05, 0) is 12.2 Å². The Hall–Kier alpha value is 0.600. The van der Waals surface area contributed by atoms with Gasteiger partial charge in [-0.15, -0.1) is 0 Å². The Morgan fingerprint density at radius 2 is 1.10 bits per heavy atom. The van der Waals surface area contributed by atoms with Crippen LogP contribution < -0.4 is 0 Å². The Labute approximate surface area is 161 Å². The molecule has 116 valence electrons. The van der Waals surface area contributed by atoms with Crippen molar-refractivity contribution in [1.82, 2.24) is 0 Å². The maximum absolute atomic E-state index is 10.3. The van der Waals surface area contributed by atoms with Gasteiger partial charge in [0.25, 0.3) is 0 Å². The summed E-state index contributed by atoms with van der Waals surface area (Å²) in [5.74, 6) is 0. The summed E-state index contributed by atoms with van der Waals surface area (Å²) < 4.78 is 59.3. The van der Waals surface area contributed by atoms with Crippen LogP contribution in [0.25, 0.3) is 0 Å². The van der Waals surface area contributed by atoms with E-state index in [0.29, 0.717) is 23.5 Å². The molecule has 0 rings (SSSR count). The molecule has 0 aliphatic carbocycles. The minimum Gasteiger partial charge on any atom is -0.747 e. The summed E-state index contributed by atoms with van der Waals surface area (Å²) in [6.45, 7) is 6.19. The molecule has 0 amide bonds. The minimum atomic E-state index is -4.28. The maximum Gasteiger partial charge on any atom is 2.00 e. The fourth-order valence-electron chi connectivity index (χ4n) is 0.378. The van der Waals surface area contributed by atoms with Gasteiger partial charge in [0.05, 0.1) is 10.2 Å². The van der Waals surface area contributed by atoms with Crippen LogP contribution in [0.2, 0.25) is 0 Å². The molecule has 13 heteroatoms. The molecule has 0 saturated heterocycles. The standard InChI is InChI=1S/2C4H6O4S2.Ca/c2*1-2-4(5)9-3-10(6,7)8;/h2*2H,1,3H2,(H,6,7,8);/q;;+2/p-2. The van der Waals surface area contributed by atoms with Crippen molar-refractivity contribution in [2.75, 3.05) is 10.2 Å². The molecular weight excluding hydrogens is 392 g/mol. The van der Waals surface area contributed by atoms with Crippen LogP contribution in [0.15, 0.2) is 25.3 Å². The second-order valence-electron chi connectivity index (χ2n) is 2.69. The van der Waals surface area contributed by atoms with Gasteiger partial charge in [0, 0.05) is 0 Å². The number of carbonyl (C=O) groups excluding carboxylic acids is 2. The van der Waals surface area contributed by atoms with Gasteiger partial charge in [-0.2, -0.15) is 0 Å². The first-order chi connectivity index (χ1) is 8.91. The molecule has 0 atom stereocenters. The molecule has 0 saturated carbocycles. The third-order valence-corrected chi connectivity index (χ3v) is 5.18. The van der Waals surface area contributed by atoms with Crippen molar-refractivity contribution in [3.8, 4) is 0 Å². The van der Waals surface area contributed by atoms with E-state index >= 15 is 0 Å². The molecule has 0 aromatic heterocycles. The Morgan fingerprint density at radius 1 is 0.857 bits per heavy atom. The van der Waals surface area contributed by atoms with E-state index in [1.807, 2.05) is 0 Å². The maximum atomic E-state index is 10.3. The van der Waals surface area contributed by atoms with Crippen LogP contribution in [0.4, 0.5) is 0 Å². The second-order valence-corrected chi connectivity index (χ2v) is 8.18. The smallest absolute Gasteiger partial charge is 0.747 e. The van der Waals surface area contributed by atoms with Gasteiger partial charge in [-0.1, -0.05) is 36.7 Å². The van der Waals surface area contributed by atoms with Crippen LogP contribution in [0.3, 0.4) is 0 Å². The van der Waals surface area contributed by atoms with E-state index in [4.69, 9.17) is 0 Å². The fraction of sp³-hybridized carbons (Fsp3) is 0.250. The number of hydrogen-bond donors (Lipinski definition) is 0. The number of thioether (sulfide) groups is 2. The molecule has 0 aromatic rings. The third kappa shape index (κ3) is 25.9. The monoisotopic (exact) mass is 402 g/mol. The van der Waals surface area contributed by atoms with Crippen LogP contribution in [0.1, 0.15) is 0 Å². The molecule has 0 fully saturated rings. The number of rotatable bonds is 6. The normalized spacial score (nSPS) is 10.4. The molecule has 0 heterocycles. The topological polar surface area (TPSA) is 149 Å². The fourth-order valence-corrected chi connectivity index (χ4v) is 2.70. The molecule has 0 unspecified atom stereocenters. The Morgan fingerprint density at radius 3 is 1.24 bits per heavy atom. The zero-order valence-corrected chi connectivity index (χ0v) is 16.1. The van der Waals surface area contributed by atoms with E-state index in [1.54, 1.807) is 0 Å².